The van der Waals surface area contributed by atoms with Gasteiger partial charge in [0.1, 0.15) is 6.54 Å². The SMILES string of the molecule is Cc1ccc2c(c1)C=NCC2=O.Cc1cccc(C)c1C. The number of aliphatic imine (C=N–C) groups is 1. The van der Waals surface area contributed by atoms with E-state index in [1.165, 1.54) is 16.7 Å². The third-order valence-corrected chi connectivity index (χ3v) is 3.85. The van der Waals surface area contributed by atoms with Crippen LogP contribution in [0.5, 0.6) is 0 Å². The standard InChI is InChI=1S/C10H9NO.C9H12/c1-7-2-3-9-8(4-7)5-11-6-10(9)12;1-7-5-4-6-8(2)9(7)3/h2-5H,6H2,1H3;4-6H,1-3H3. The molecule has 0 spiro atoms. The van der Waals surface area contributed by atoms with Crippen LogP contribution in [0.15, 0.2) is 41.4 Å². The van der Waals surface area contributed by atoms with Crippen molar-refractivity contribution >= 4 is 12.0 Å². The summed E-state index contributed by atoms with van der Waals surface area (Å²) in [4.78, 5) is 15.2. The Morgan fingerprint density at radius 2 is 1.62 bits per heavy atom. The van der Waals surface area contributed by atoms with Crippen molar-refractivity contribution in [1.29, 1.82) is 0 Å². The summed E-state index contributed by atoms with van der Waals surface area (Å²) in [7, 11) is 0. The number of fused-ring (bicyclic) bond motifs is 1. The first kappa shape index (κ1) is 15.2. The molecule has 2 aromatic rings. The molecule has 1 aliphatic heterocycles. The molecule has 1 aliphatic rings. The molecule has 2 nitrogen and oxygen atoms in total. The third-order valence-electron chi connectivity index (χ3n) is 3.85. The second-order valence-corrected chi connectivity index (χ2v) is 5.50. The van der Waals surface area contributed by atoms with E-state index in [2.05, 4.69) is 44.0 Å². The number of hydrogen-bond donors (Lipinski definition) is 0. The second kappa shape index (κ2) is 6.49. The highest BCUT2D eigenvalue weighted by atomic mass is 16.1. The van der Waals surface area contributed by atoms with Crippen molar-refractivity contribution in [3.63, 3.8) is 0 Å². The molecule has 0 fully saturated rings. The number of benzene rings is 2. The number of carbonyl (C=O) groups excluding carboxylic acids is 1. The Morgan fingerprint density at radius 1 is 0.952 bits per heavy atom. The lowest BCUT2D eigenvalue weighted by atomic mass is 10.00. The van der Waals surface area contributed by atoms with Crippen LogP contribution in [-0.4, -0.2) is 18.5 Å². The Morgan fingerprint density at radius 3 is 2.24 bits per heavy atom. The molecule has 1 heterocycles. The summed E-state index contributed by atoms with van der Waals surface area (Å²) < 4.78 is 0. The first-order valence-corrected chi connectivity index (χ1v) is 7.15. The molecular weight excluding hydrogens is 258 g/mol. The van der Waals surface area contributed by atoms with E-state index in [9.17, 15) is 4.79 Å². The van der Waals surface area contributed by atoms with Gasteiger partial charge in [0.25, 0.3) is 0 Å². The van der Waals surface area contributed by atoms with Gasteiger partial charge in [0.2, 0.25) is 0 Å². The van der Waals surface area contributed by atoms with Gasteiger partial charge >= 0.3 is 0 Å². The molecule has 0 atom stereocenters. The van der Waals surface area contributed by atoms with Gasteiger partial charge in [0.15, 0.2) is 5.78 Å². The highest BCUT2D eigenvalue weighted by molar-refractivity contribution is 6.08. The topological polar surface area (TPSA) is 29.4 Å². The molecule has 0 amide bonds. The number of nitrogens with zero attached hydrogens (tertiary/aromatic N) is 1. The number of aryl methyl sites for hydroxylation is 3. The van der Waals surface area contributed by atoms with Crippen molar-refractivity contribution < 1.29 is 4.79 Å². The fraction of sp³-hybridized carbons (Fsp3) is 0.263. The maximum absolute atomic E-state index is 11.3. The van der Waals surface area contributed by atoms with Crippen LogP contribution in [-0.2, 0) is 0 Å². The number of rotatable bonds is 0. The second-order valence-electron chi connectivity index (χ2n) is 5.50. The van der Waals surface area contributed by atoms with Crippen LogP contribution < -0.4 is 0 Å². The summed E-state index contributed by atoms with van der Waals surface area (Å²) in [5.74, 6) is 0.118. The van der Waals surface area contributed by atoms with Crippen LogP contribution in [0.3, 0.4) is 0 Å². The first-order valence-electron chi connectivity index (χ1n) is 7.15. The molecule has 0 aromatic heterocycles. The van der Waals surface area contributed by atoms with Gasteiger partial charge in [-0.15, -0.1) is 0 Å². The lowest BCUT2D eigenvalue weighted by molar-refractivity contribution is 0.100. The molecule has 0 saturated carbocycles. The number of Topliss-reactive ketones (excluding diaryl/α,β-unsaturated/α-hetero) is 1. The Labute approximate surface area is 126 Å². The van der Waals surface area contributed by atoms with Gasteiger partial charge in [0, 0.05) is 17.3 Å². The quantitative estimate of drug-likeness (QED) is 0.710. The monoisotopic (exact) mass is 279 g/mol. The highest BCUT2D eigenvalue weighted by Crippen LogP contribution is 2.13. The van der Waals surface area contributed by atoms with Crippen molar-refractivity contribution in [3.05, 3.63) is 69.8 Å². The van der Waals surface area contributed by atoms with Crippen LogP contribution >= 0.6 is 0 Å². The molecule has 0 aliphatic carbocycles. The molecule has 3 rings (SSSR count). The van der Waals surface area contributed by atoms with E-state index in [0.29, 0.717) is 6.54 Å². The van der Waals surface area contributed by atoms with E-state index >= 15 is 0 Å². The molecule has 0 N–H and O–H groups in total. The minimum Gasteiger partial charge on any atom is -0.292 e. The van der Waals surface area contributed by atoms with Crippen molar-refractivity contribution in [1.82, 2.24) is 0 Å². The van der Waals surface area contributed by atoms with Gasteiger partial charge in [-0.3, -0.25) is 9.79 Å². The summed E-state index contributed by atoms with van der Waals surface area (Å²) in [6.45, 7) is 8.75. The molecule has 0 unspecified atom stereocenters. The highest BCUT2D eigenvalue weighted by Gasteiger charge is 2.12. The van der Waals surface area contributed by atoms with E-state index in [0.717, 1.165) is 16.7 Å². The lowest BCUT2D eigenvalue weighted by Gasteiger charge is -2.08. The molecule has 2 heteroatoms. The maximum atomic E-state index is 11.3. The van der Waals surface area contributed by atoms with E-state index in [4.69, 9.17) is 0 Å². The van der Waals surface area contributed by atoms with E-state index < -0.39 is 0 Å². The molecular formula is C19H21NO. The average Bonchev–Trinajstić information content (AvgIpc) is 2.45. The van der Waals surface area contributed by atoms with Crippen LogP contribution in [0.4, 0.5) is 0 Å². The number of carbonyl (C=O) groups is 1. The minimum atomic E-state index is 0.118. The normalized spacial score (nSPS) is 12.5. The van der Waals surface area contributed by atoms with Crippen LogP contribution in [0, 0.1) is 27.7 Å². The van der Waals surface area contributed by atoms with E-state index in [-0.39, 0.29) is 5.78 Å². The number of ketones is 1. The largest absolute Gasteiger partial charge is 0.292 e. The fourth-order valence-electron chi connectivity index (χ4n) is 2.25. The number of hydrogen-bond acceptors (Lipinski definition) is 2. The Hall–Kier alpha value is -2.22. The Balaban J connectivity index is 0.000000161. The minimum absolute atomic E-state index is 0.118. The molecule has 21 heavy (non-hydrogen) atoms. The Kier molecular flexibility index (Phi) is 4.69. The zero-order valence-electron chi connectivity index (χ0n) is 13.1. The molecule has 2 aromatic carbocycles. The van der Waals surface area contributed by atoms with Gasteiger partial charge in [0.05, 0.1) is 0 Å². The van der Waals surface area contributed by atoms with Gasteiger partial charge < -0.3 is 0 Å². The van der Waals surface area contributed by atoms with Crippen molar-refractivity contribution in [3.8, 4) is 0 Å². The lowest BCUT2D eigenvalue weighted by Crippen LogP contribution is -2.12. The summed E-state index contributed by atoms with van der Waals surface area (Å²) >= 11 is 0. The smallest absolute Gasteiger partial charge is 0.184 e. The molecule has 108 valence electrons. The van der Waals surface area contributed by atoms with Gasteiger partial charge in [-0.1, -0.05) is 35.9 Å². The van der Waals surface area contributed by atoms with Crippen LogP contribution in [0.25, 0.3) is 0 Å². The summed E-state index contributed by atoms with van der Waals surface area (Å²) in [6.07, 6.45) is 1.77. The van der Waals surface area contributed by atoms with Gasteiger partial charge in [-0.25, -0.2) is 0 Å². The van der Waals surface area contributed by atoms with Crippen molar-refractivity contribution in [2.45, 2.75) is 27.7 Å². The molecule has 0 radical (unpaired) electrons. The third kappa shape index (κ3) is 3.66. The van der Waals surface area contributed by atoms with E-state index in [1.807, 2.05) is 25.1 Å². The van der Waals surface area contributed by atoms with Gasteiger partial charge in [-0.05, 0) is 50.5 Å². The fourth-order valence-corrected chi connectivity index (χ4v) is 2.25. The average molecular weight is 279 g/mol. The van der Waals surface area contributed by atoms with E-state index in [1.54, 1.807) is 6.21 Å². The van der Waals surface area contributed by atoms with Crippen LogP contribution in [0.1, 0.15) is 38.2 Å². The molecule has 0 bridgehead atoms. The summed E-state index contributed by atoms with van der Waals surface area (Å²) in [5, 5.41) is 0. The van der Waals surface area contributed by atoms with Crippen molar-refractivity contribution in [2.75, 3.05) is 6.54 Å². The van der Waals surface area contributed by atoms with Crippen molar-refractivity contribution in [2.24, 2.45) is 4.99 Å². The first-order chi connectivity index (χ1) is 9.99. The predicted octanol–water partition coefficient (Wildman–Crippen LogP) is 4.22. The predicted molar refractivity (Wildman–Crippen MR) is 88.6 cm³/mol. The zero-order chi connectivity index (χ0) is 15.4. The molecule has 0 saturated heterocycles. The summed E-state index contributed by atoms with van der Waals surface area (Å²) in [6, 6.07) is 12.2. The van der Waals surface area contributed by atoms with Crippen LogP contribution in [0.2, 0.25) is 0 Å². The van der Waals surface area contributed by atoms with Gasteiger partial charge in [-0.2, -0.15) is 0 Å². The zero-order valence-corrected chi connectivity index (χ0v) is 13.1. The summed E-state index contributed by atoms with van der Waals surface area (Å²) in [5.41, 5.74) is 7.10. The maximum Gasteiger partial charge on any atom is 0.184 e. The Bertz CT molecular complexity index is 678.